The maximum Gasteiger partial charge on any atom is 0.416 e. The maximum atomic E-state index is 13.6. The summed E-state index contributed by atoms with van der Waals surface area (Å²) in [5.41, 5.74) is 5.34. The van der Waals surface area contributed by atoms with Gasteiger partial charge in [0.05, 0.1) is 21.6 Å². The minimum atomic E-state index is -4.92. The number of thioether (sulfide) groups is 1. The Bertz CT molecular complexity index is 1560. The molecular formula is C31H24F6N2OS. The number of benzene rings is 2. The lowest BCUT2D eigenvalue weighted by Crippen LogP contribution is -2.39. The molecular weight excluding hydrogens is 562 g/mol. The van der Waals surface area contributed by atoms with Crippen LogP contribution in [-0.2, 0) is 12.4 Å². The average Bonchev–Trinajstić information content (AvgIpc) is 3.56. The molecule has 2 unspecified atom stereocenters. The van der Waals surface area contributed by atoms with Crippen molar-refractivity contribution < 1.29 is 31.1 Å². The molecule has 2 aromatic rings. The van der Waals surface area contributed by atoms with E-state index in [1.54, 1.807) is 36.4 Å². The lowest BCUT2D eigenvalue weighted by molar-refractivity contribution is -0.143. The van der Waals surface area contributed by atoms with Gasteiger partial charge in [-0.25, -0.2) is 5.43 Å². The van der Waals surface area contributed by atoms with Gasteiger partial charge in [-0.15, -0.1) is 11.8 Å². The highest BCUT2D eigenvalue weighted by atomic mass is 32.2. The number of hydrogen-bond donors (Lipinski definition) is 1. The third-order valence-electron chi connectivity index (χ3n) is 8.14. The van der Waals surface area contributed by atoms with Gasteiger partial charge in [0, 0.05) is 16.4 Å². The number of rotatable bonds is 3. The van der Waals surface area contributed by atoms with Gasteiger partial charge in [-0.2, -0.15) is 31.4 Å². The van der Waals surface area contributed by atoms with Gasteiger partial charge in [0.2, 0.25) is 0 Å². The van der Waals surface area contributed by atoms with Crippen molar-refractivity contribution in [2.24, 2.45) is 11.0 Å². The Balaban J connectivity index is 1.37. The molecule has 0 spiro atoms. The first-order valence-corrected chi connectivity index (χ1v) is 13.9. The topological polar surface area (TPSA) is 41.5 Å². The summed E-state index contributed by atoms with van der Waals surface area (Å²) >= 11 is 1.30. The summed E-state index contributed by atoms with van der Waals surface area (Å²) in [5.74, 6) is -0.480. The van der Waals surface area contributed by atoms with Gasteiger partial charge in [0.15, 0.2) is 0 Å². The molecule has 1 amide bonds. The number of fused-ring (bicyclic) bond motifs is 4. The average molecular weight is 587 g/mol. The van der Waals surface area contributed by atoms with Crippen LogP contribution in [0.2, 0.25) is 0 Å². The van der Waals surface area contributed by atoms with E-state index in [9.17, 15) is 31.1 Å². The predicted molar refractivity (Wildman–Crippen MR) is 147 cm³/mol. The number of halogens is 6. The summed E-state index contributed by atoms with van der Waals surface area (Å²) in [7, 11) is 0. The van der Waals surface area contributed by atoms with Gasteiger partial charge >= 0.3 is 12.4 Å². The van der Waals surface area contributed by atoms with E-state index in [0.717, 1.165) is 48.1 Å². The quantitative estimate of drug-likeness (QED) is 0.289. The summed E-state index contributed by atoms with van der Waals surface area (Å²) in [6, 6.07) is 10.4. The number of amides is 1. The molecule has 2 aromatic carbocycles. The maximum absolute atomic E-state index is 13.6. The predicted octanol–water partition coefficient (Wildman–Crippen LogP) is 8.72. The van der Waals surface area contributed by atoms with Crippen LogP contribution in [0.3, 0.4) is 0 Å². The molecule has 1 fully saturated rings. The number of alkyl halides is 6. The number of carbonyl (C=O) groups excluding carboxylic acids is 1. The Morgan fingerprint density at radius 1 is 0.951 bits per heavy atom. The molecule has 3 nitrogen and oxygen atoms in total. The minimum Gasteiger partial charge on any atom is -0.267 e. The fourth-order valence-electron chi connectivity index (χ4n) is 6.18. The molecule has 41 heavy (non-hydrogen) atoms. The van der Waals surface area contributed by atoms with Crippen molar-refractivity contribution in [1.82, 2.24) is 5.43 Å². The molecule has 4 aliphatic rings. The lowest BCUT2D eigenvalue weighted by Gasteiger charge is -2.43. The summed E-state index contributed by atoms with van der Waals surface area (Å²) in [5, 5.41) is 4.35. The standard InChI is InChI=1S/C31H24F6N2OS/c1-29-25-15-21(38-39-28(40)17-6-3-2-4-7-17)10-11-24(25)22-8-5-9-23(22)26(29)16-27(41-29)18-12-19(30(32,33)34)14-20(13-18)31(35,36)37/h2-4,6-7,10-14,16,25H,5,8-9,15H2,1H3,(H,39,40)/b38-21-. The largest absolute Gasteiger partial charge is 0.416 e. The van der Waals surface area contributed by atoms with Crippen molar-refractivity contribution >= 4 is 28.3 Å². The number of carbonyl (C=O) groups is 1. The van der Waals surface area contributed by atoms with Gasteiger partial charge in [0.1, 0.15) is 0 Å². The van der Waals surface area contributed by atoms with Crippen LogP contribution in [-0.4, -0.2) is 16.4 Å². The second-order valence-corrected chi connectivity index (χ2v) is 12.2. The third-order valence-corrected chi connectivity index (χ3v) is 9.64. The van der Waals surface area contributed by atoms with Crippen molar-refractivity contribution in [3.63, 3.8) is 0 Å². The van der Waals surface area contributed by atoms with Crippen molar-refractivity contribution in [1.29, 1.82) is 0 Å². The molecule has 1 aliphatic heterocycles. The zero-order chi connectivity index (χ0) is 29.2. The number of hydrogen-bond acceptors (Lipinski definition) is 3. The normalized spacial score (nSPS) is 24.8. The second-order valence-electron chi connectivity index (χ2n) is 10.7. The highest BCUT2D eigenvalue weighted by Crippen LogP contribution is 2.63. The minimum absolute atomic E-state index is 0.0997. The van der Waals surface area contributed by atoms with E-state index in [1.807, 2.05) is 19.1 Å². The van der Waals surface area contributed by atoms with Crippen LogP contribution in [0, 0.1) is 5.92 Å². The van der Waals surface area contributed by atoms with Gasteiger partial charge in [-0.05, 0) is 103 Å². The van der Waals surface area contributed by atoms with Crippen LogP contribution in [0.15, 0.2) is 94.2 Å². The molecule has 3 aliphatic carbocycles. The van der Waals surface area contributed by atoms with E-state index in [0.29, 0.717) is 22.6 Å². The number of allylic oxidation sites excluding steroid dienone is 6. The van der Waals surface area contributed by atoms with Gasteiger partial charge in [0.25, 0.3) is 5.91 Å². The van der Waals surface area contributed by atoms with Crippen molar-refractivity contribution in [3.05, 3.63) is 111 Å². The molecule has 1 N–H and O–H groups in total. The molecule has 1 heterocycles. The lowest BCUT2D eigenvalue weighted by atomic mass is 9.68. The van der Waals surface area contributed by atoms with Crippen molar-refractivity contribution in [2.45, 2.75) is 49.7 Å². The molecule has 0 aromatic heterocycles. The molecule has 212 valence electrons. The van der Waals surface area contributed by atoms with E-state index in [4.69, 9.17) is 0 Å². The molecule has 6 rings (SSSR count). The molecule has 0 bridgehead atoms. The Morgan fingerprint density at radius 2 is 1.61 bits per heavy atom. The zero-order valence-corrected chi connectivity index (χ0v) is 22.6. The number of nitrogens with zero attached hydrogens (tertiary/aromatic N) is 1. The SMILES string of the molecule is CC12SC(c3cc(C(F)(F)F)cc(C(F)(F)F)c3)=CC1=C1CCCC1=C1C=C/C(=N/NC(=O)c3ccccc3)CC12. The van der Waals surface area contributed by atoms with Crippen LogP contribution in [0.25, 0.3) is 4.91 Å². The summed E-state index contributed by atoms with van der Waals surface area (Å²) < 4.78 is 81.0. The van der Waals surface area contributed by atoms with E-state index in [-0.39, 0.29) is 23.5 Å². The van der Waals surface area contributed by atoms with Crippen LogP contribution in [0.4, 0.5) is 26.3 Å². The molecule has 2 atom stereocenters. The first-order valence-electron chi connectivity index (χ1n) is 13.1. The highest BCUT2D eigenvalue weighted by molar-refractivity contribution is 8.10. The number of nitrogens with one attached hydrogen (secondary N) is 1. The van der Waals surface area contributed by atoms with Gasteiger partial charge < -0.3 is 0 Å². The fourth-order valence-corrected chi connectivity index (χ4v) is 7.70. The first kappa shape index (κ1) is 27.6. The summed E-state index contributed by atoms with van der Waals surface area (Å²) in [6.07, 6.45) is -1.15. The fraction of sp³-hybridized carbons (Fsp3) is 0.290. The van der Waals surface area contributed by atoms with Crippen LogP contribution < -0.4 is 5.43 Å². The first-order chi connectivity index (χ1) is 19.3. The third kappa shape index (κ3) is 4.96. The monoisotopic (exact) mass is 586 g/mol. The van der Waals surface area contributed by atoms with E-state index < -0.39 is 28.2 Å². The van der Waals surface area contributed by atoms with Crippen LogP contribution in [0.1, 0.15) is 59.7 Å². The highest BCUT2D eigenvalue weighted by Gasteiger charge is 2.50. The molecule has 1 saturated carbocycles. The van der Waals surface area contributed by atoms with Gasteiger partial charge in [-0.3, -0.25) is 4.79 Å². The second kappa shape index (κ2) is 9.79. The molecule has 0 saturated heterocycles. The Kier molecular flexibility index (Phi) is 6.60. The van der Waals surface area contributed by atoms with Crippen molar-refractivity contribution in [2.75, 3.05) is 0 Å². The zero-order valence-electron chi connectivity index (χ0n) is 21.8. The smallest absolute Gasteiger partial charge is 0.267 e. The van der Waals surface area contributed by atoms with E-state index in [1.165, 1.54) is 17.3 Å². The molecule has 0 radical (unpaired) electrons. The van der Waals surface area contributed by atoms with Crippen LogP contribution >= 0.6 is 11.8 Å². The Labute approximate surface area is 236 Å². The molecule has 10 heteroatoms. The Morgan fingerprint density at radius 3 is 2.27 bits per heavy atom. The van der Waals surface area contributed by atoms with E-state index >= 15 is 0 Å². The van der Waals surface area contributed by atoms with E-state index in [2.05, 4.69) is 10.5 Å². The number of hydrazone groups is 1. The van der Waals surface area contributed by atoms with Crippen molar-refractivity contribution in [3.8, 4) is 0 Å². The Hall–Kier alpha value is -3.53. The summed E-state index contributed by atoms with van der Waals surface area (Å²) in [4.78, 5) is 12.9. The van der Waals surface area contributed by atoms with Crippen LogP contribution in [0.5, 0.6) is 0 Å². The van der Waals surface area contributed by atoms with Gasteiger partial charge in [-0.1, -0.05) is 24.3 Å². The summed E-state index contributed by atoms with van der Waals surface area (Å²) in [6.45, 7) is 2.00.